The number of guanidine groups is 1. The number of halogens is 1. The van der Waals surface area contributed by atoms with Gasteiger partial charge in [-0.1, -0.05) is 31.8 Å². The Morgan fingerprint density at radius 1 is 1.35 bits per heavy atom. The molecular weight excluding hydrogens is 367 g/mol. The van der Waals surface area contributed by atoms with Crippen LogP contribution in [0.15, 0.2) is 15.6 Å². The maximum atomic E-state index is 5.02. The first-order chi connectivity index (χ1) is 9.11. The predicted molar refractivity (Wildman–Crippen MR) is 93.5 cm³/mol. The molecule has 0 saturated carbocycles. The molecule has 5 nitrogen and oxygen atoms in total. The molecular formula is C14H27IN4O. The standard InChI is InChI=1S/C14H26N4O.HI/c1-11(2)7-5-6-8-16-14(15-4)17-10-13-9-12(3)19-18-13;/h9,11H,5-8,10H2,1-4H3,(H2,15,16,17);1H. The Labute approximate surface area is 139 Å². The molecule has 0 aliphatic carbocycles. The summed E-state index contributed by atoms with van der Waals surface area (Å²) >= 11 is 0. The highest BCUT2D eigenvalue weighted by Crippen LogP contribution is 2.05. The third-order valence-corrected chi connectivity index (χ3v) is 2.84. The van der Waals surface area contributed by atoms with Gasteiger partial charge in [-0.3, -0.25) is 4.99 Å². The van der Waals surface area contributed by atoms with Crippen molar-refractivity contribution in [1.82, 2.24) is 15.8 Å². The van der Waals surface area contributed by atoms with Gasteiger partial charge in [0.25, 0.3) is 0 Å². The first kappa shape index (κ1) is 19.2. The molecule has 0 bridgehead atoms. The van der Waals surface area contributed by atoms with E-state index in [2.05, 4.69) is 34.6 Å². The molecule has 20 heavy (non-hydrogen) atoms. The Morgan fingerprint density at radius 2 is 2.10 bits per heavy atom. The van der Waals surface area contributed by atoms with Gasteiger partial charge < -0.3 is 15.2 Å². The van der Waals surface area contributed by atoms with Crippen LogP contribution in [-0.4, -0.2) is 24.7 Å². The first-order valence-corrected chi connectivity index (χ1v) is 6.98. The number of aromatic nitrogens is 1. The molecule has 0 radical (unpaired) electrons. The molecule has 0 saturated heterocycles. The molecule has 0 aliphatic rings. The van der Waals surface area contributed by atoms with Crippen LogP contribution in [-0.2, 0) is 6.54 Å². The Bertz CT molecular complexity index is 390. The number of nitrogens with zero attached hydrogens (tertiary/aromatic N) is 2. The molecule has 1 aromatic heterocycles. The van der Waals surface area contributed by atoms with Gasteiger partial charge in [0.2, 0.25) is 0 Å². The SMILES string of the molecule is CN=C(NCCCCC(C)C)NCc1cc(C)on1.I. The van der Waals surface area contributed by atoms with Crippen molar-refractivity contribution in [2.45, 2.75) is 46.6 Å². The smallest absolute Gasteiger partial charge is 0.191 e. The Balaban J connectivity index is 0.00000361. The molecule has 0 aromatic carbocycles. The van der Waals surface area contributed by atoms with Gasteiger partial charge in [-0.15, -0.1) is 24.0 Å². The minimum Gasteiger partial charge on any atom is -0.361 e. The van der Waals surface area contributed by atoms with Crippen LogP contribution in [0.5, 0.6) is 0 Å². The summed E-state index contributed by atoms with van der Waals surface area (Å²) in [4.78, 5) is 4.18. The van der Waals surface area contributed by atoms with Crippen molar-refractivity contribution in [1.29, 1.82) is 0 Å². The molecule has 0 fully saturated rings. The van der Waals surface area contributed by atoms with Crippen molar-refractivity contribution >= 4 is 29.9 Å². The maximum Gasteiger partial charge on any atom is 0.191 e. The highest BCUT2D eigenvalue weighted by atomic mass is 127. The van der Waals surface area contributed by atoms with Crippen LogP contribution in [0, 0.1) is 12.8 Å². The van der Waals surface area contributed by atoms with Crippen LogP contribution in [0.2, 0.25) is 0 Å². The van der Waals surface area contributed by atoms with Gasteiger partial charge in [0.05, 0.1) is 6.54 Å². The van der Waals surface area contributed by atoms with E-state index in [-0.39, 0.29) is 24.0 Å². The molecule has 2 N–H and O–H groups in total. The average Bonchev–Trinajstić information content (AvgIpc) is 2.78. The summed E-state index contributed by atoms with van der Waals surface area (Å²) in [5.41, 5.74) is 0.889. The number of nitrogens with one attached hydrogen (secondary N) is 2. The second kappa shape index (κ2) is 10.9. The molecule has 0 spiro atoms. The Hall–Kier alpha value is -0.790. The van der Waals surface area contributed by atoms with Crippen LogP contribution in [0.4, 0.5) is 0 Å². The second-order valence-corrected chi connectivity index (χ2v) is 5.17. The number of unbranched alkanes of at least 4 members (excludes halogenated alkanes) is 1. The van der Waals surface area contributed by atoms with Crippen LogP contribution in [0.3, 0.4) is 0 Å². The minimum absolute atomic E-state index is 0. The van der Waals surface area contributed by atoms with Gasteiger partial charge in [0.15, 0.2) is 5.96 Å². The number of hydrogen-bond donors (Lipinski definition) is 2. The van der Waals surface area contributed by atoms with Crippen LogP contribution in [0.1, 0.15) is 44.6 Å². The molecule has 0 atom stereocenters. The summed E-state index contributed by atoms with van der Waals surface area (Å²) in [5, 5.41) is 10.4. The van der Waals surface area contributed by atoms with Crippen molar-refractivity contribution in [2.24, 2.45) is 10.9 Å². The van der Waals surface area contributed by atoms with E-state index in [1.807, 2.05) is 13.0 Å². The van der Waals surface area contributed by atoms with E-state index >= 15 is 0 Å². The average molecular weight is 394 g/mol. The first-order valence-electron chi connectivity index (χ1n) is 6.98. The summed E-state index contributed by atoms with van der Waals surface area (Å²) < 4.78 is 5.02. The summed E-state index contributed by atoms with van der Waals surface area (Å²) in [5.74, 6) is 2.42. The zero-order valence-corrected chi connectivity index (χ0v) is 15.2. The Kier molecular flexibility index (Phi) is 10.5. The van der Waals surface area contributed by atoms with Gasteiger partial charge in [-0.2, -0.15) is 0 Å². The maximum absolute atomic E-state index is 5.02. The third kappa shape index (κ3) is 8.39. The van der Waals surface area contributed by atoms with Gasteiger partial charge >= 0.3 is 0 Å². The molecule has 1 aromatic rings. The molecule has 116 valence electrons. The quantitative estimate of drug-likeness (QED) is 0.323. The monoisotopic (exact) mass is 394 g/mol. The zero-order valence-electron chi connectivity index (χ0n) is 12.9. The van der Waals surface area contributed by atoms with E-state index in [0.717, 1.165) is 29.9 Å². The van der Waals surface area contributed by atoms with Crippen molar-refractivity contribution in [3.63, 3.8) is 0 Å². The fourth-order valence-electron chi connectivity index (χ4n) is 1.78. The Morgan fingerprint density at radius 3 is 2.65 bits per heavy atom. The lowest BCUT2D eigenvalue weighted by atomic mass is 10.1. The summed E-state index contributed by atoms with van der Waals surface area (Å²) in [6.45, 7) is 7.98. The molecule has 0 amide bonds. The highest BCUT2D eigenvalue weighted by Gasteiger charge is 2.02. The van der Waals surface area contributed by atoms with E-state index in [1.54, 1.807) is 7.05 Å². The van der Waals surface area contributed by atoms with Gasteiger partial charge in [0.1, 0.15) is 11.5 Å². The molecule has 0 aliphatic heterocycles. The van der Waals surface area contributed by atoms with Crippen molar-refractivity contribution in [3.8, 4) is 0 Å². The summed E-state index contributed by atoms with van der Waals surface area (Å²) in [7, 11) is 1.78. The lowest BCUT2D eigenvalue weighted by molar-refractivity contribution is 0.390. The van der Waals surface area contributed by atoms with Crippen molar-refractivity contribution in [2.75, 3.05) is 13.6 Å². The minimum atomic E-state index is 0. The largest absolute Gasteiger partial charge is 0.361 e. The van der Waals surface area contributed by atoms with E-state index in [9.17, 15) is 0 Å². The zero-order chi connectivity index (χ0) is 14.1. The van der Waals surface area contributed by atoms with E-state index in [0.29, 0.717) is 6.54 Å². The lowest BCUT2D eigenvalue weighted by Gasteiger charge is -2.11. The van der Waals surface area contributed by atoms with Crippen LogP contribution < -0.4 is 10.6 Å². The van der Waals surface area contributed by atoms with Crippen LogP contribution in [0.25, 0.3) is 0 Å². The molecule has 1 rings (SSSR count). The molecule has 1 heterocycles. The van der Waals surface area contributed by atoms with Crippen molar-refractivity contribution < 1.29 is 4.52 Å². The molecule has 6 heteroatoms. The second-order valence-electron chi connectivity index (χ2n) is 5.17. The number of rotatable bonds is 7. The predicted octanol–water partition coefficient (Wildman–Crippen LogP) is 3.09. The topological polar surface area (TPSA) is 62.5 Å². The van der Waals surface area contributed by atoms with Gasteiger partial charge in [0, 0.05) is 19.7 Å². The summed E-state index contributed by atoms with van der Waals surface area (Å²) in [6, 6.07) is 1.92. The summed E-state index contributed by atoms with van der Waals surface area (Å²) in [6.07, 6.45) is 3.71. The fraction of sp³-hybridized carbons (Fsp3) is 0.714. The highest BCUT2D eigenvalue weighted by molar-refractivity contribution is 14.0. The lowest BCUT2D eigenvalue weighted by Crippen LogP contribution is -2.37. The number of hydrogen-bond acceptors (Lipinski definition) is 3. The number of aliphatic imine (C=N–C) groups is 1. The van der Waals surface area contributed by atoms with E-state index in [4.69, 9.17) is 4.52 Å². The molecule has 0 unspecified atom stereocenters. The number of aryl methyl sites for hydroxylation is 1. The van der Waals surface area contributed by atoms with E-state index in [1.165, 1.54) is 19.3 Å². The van der Waals surface area contributed by atoms with Gasteiger partial charge in [-0.25, -0.2) is 0 Å². The van der Waals surface area contributed by atoms with E-state index < -0.39 is 0 Å². The van der Waals surface area contributed by atoms with Gasteiger partial charge in [-0.05, 0) is 19.3 Å². The normalized spacial score (nSPS) is 11.3. The third-order valence-electron chi connectivity index (χ3n) is 2.84. The van der Waals surface area contributed by atoms with Crippen LogP contribution >= 0.6 is 24.0 Å². The van der Waals surface area contributed by atoms with Crippen molar-refractivity contribution in [3.05, 3.63) is 17.5 Å². The fourth-order valence-corrected chi connectivity index (χ4v) is 1.78.